The molecule has 0 radical (unpaired) electrons. The maximum atomic E-state index is 10.4. The molecular formula is C8H11ClN2O2. The van der Waals surface area contributed by atoms with Crippen LogP contribution in [0.4, 0.5) is 0 Å². The third kappa shape index (κ3) is 3.87. The minimum atomic E-state index is -0.980. The third-order valence-corrected chi connectivity index (χ3v) is 1.52. The largest absolute Gasteiger partial charge is 0.480 e. The van der Waals surface area contributed by atoms with Gasteiger partial charge in [-0.25, -0.2) is 0 Å². The second-order valence-corrected chi connectivity index (χ2v) is 2.50. The molecule has 1 aromatic rings. The molecule has 0 bridgehead atoms. The van der Waals surface area contributed by atoms with Gasteiger partial charge in [-0.3, -0.25) is 9.78 Å². The Labute approximate surface area is 82.2 Å². The van der Waals surface area contributed by atoms with Gasteiger partial charge in [0.15, 0.2) is 0 Å². The lowest BCUT2D eigenvalue weighted by Crippen LogP contribution is -2.32. The average Bonchev–Trinajstić information content (AvgIpc) is 2.06. The normalized spacial score (nSPS) is 11.5. The van der Waals surface area contributed by atoms with E-state index in [0.29, 0.717) is 6.42 Å². The van der Waals surface area contributed by atoms with E-state index >= 15 is 0 Å². The van der Waals surface area contributed by atoms with Crippen molar-refractivity contribution in [1.29, 1.82) is 0 Å². The quantitative estimate of drug-likeness (QED) is 0.747. The molecule has 0 saturated heterocycles. The first kappa shape index (κ1) is 11.9. The molecule has 0 aliphatic carbocycles. The van der Waals surface area contributed by atoms with E-state index in [1.807, 2.05) is 0 Å². The molecule has 0 aliphatic rings. The van der Waals surface area contributed by atoms with E-state index in [9.17, 15) is 4.79 Å². The summed E-state index contributed by atoms with van der Waals surface area (Å²) in [6.45, 7) is 0. The van der Waals surface area contributed by atoms with Crippen LogP contribution in [0, 0.1) is 0 Å². The lowest BCUT2D eigenvalue weighted by atomic mass is 10.1. The number of rotatable bonds is 3. The van der Waals surface area contributed by atoms with E-state index in [1.165, 1.54) is 0 Å². The van der Waals surface area contributed by atoms with Crippen molar-refractivity contribution in [2.24, 2.45) is 5.73 Å². The Kier molecular flexibility index (Phi) is 5.03. The topological polar surface area (TPSA) is 76.2 Å². The van der Waals surface area contributed by atoms with E-state index in [4.69, 9.17) is 10.8 Å². The van der Waals surface area contributed by atoms with E-state index in [-0.39, 0.29) is 12.4 Å². The maximum Gasteiger partial charge on any atom is 0.320 e. The number of nitrogens with zero attached hydrogens (tertiary/aromatic N) is 1. The van der Waals surface area contributed by atoms with E-state index in [1.54, 1.807) is 24.5 Å². The lowest BCUT2D eigenvalue weighted by Gasteiger charge is -2.04. The van der Waals surface area contributed by atoms with E-state index in [0.717, 1.165) is 5.56 Å². The van der Waals surface area contributed by atoms with Crippen molar-refractivity contribution in [3.63, 3.8) is 0 Å². The SMILES string of the molecule is Cl.N[C@H](Cc1ccncc1)C(=O)O. The molecule has 0 amide bonds. The van der Waals surface area contributed by atoms with Gasteiger partial charge in [0, 0.05) is 12.4 Å². The molecule has 0 aromatic carbocycles. The zero-order valence-corrected chi connectivity index (χ0v) is 7.70. The van der Waals surface area contributed by atoms with Gasteiger partial charge in [-0.15, -0.1) is 12.4 Å². The summed E-state index contributed by atoms with van der Waals surface area (Å²) in [5.41, 5.74) is 6.22. The Balaban J connectivity index is 0.00000144. The highest BCUT2D eigenvalue weighted by molar-refractivity contribution is 5.85. The summed E-state index contributed by atoms with van der Waals surface area (Å²) in [7, 11) is 0. The van der Waals surface area contributed by atoms with Crippen LogP contribution in [0.15, 0.2) is 24.5 Å². The zero-order chi connectivity index (χ0) is 8.97. The molecule has 0 saturated carbocycles. The second-order valence-electron chi connectivity index (χ2n) is 2.50. The van der Waals surface area contributed by atoms with Gasteiger partial charge in [0.2, 0.25) is 0 Å². The number of nitrogens with two attached hydrogens (primary N) is 1. The molecule has 4 nitrogen and oxygen atoms in total. The number of aliphatic carboxylic acids is 1. The average molecular weight is 203 g/mol. The number of hydrogen-bond acceptors (Lipinski definition) is 3. The first-order chi connectivity index (χ1) is 5.70. The Bertz CT molecular complexity index is 266. The monoisotopic (exact) mass is 202 g/mol. The number of carbonyl (C=O) groups is 1. The van der Waals surface area contributed by atoms with Crippen LogP contribution < -0.4 is 5.73 Å². The predicted molar refractivity (Wildman–Crippen MR) is 50.8 cm³/mol. The van der Waals surface area contributed by atoms with Gasteiger partial charge in [-0.1, -0.05) is 0 Å². The fourth-order valence-corrected chi connectivity index (χ4v) is 0.860. The Morgan fingerprint density at radius 3 is 2.54 bits per heavy atom. The van der Waals surface area contributed by atoms with Crippen LogP contribution in [0.25, 0.3) is 0 Å². The summed E-state index contributed by atoms with van der Waals surface area (Å²) in [5.74, 6) is -0.980. The smallest absolute Gasteiger partial charge is 0.320 e. The van der Waals surface area contributed by atoms with Crippen molar-refractivity contribution in [2.75, 3.05) is 0 Å². The Morgan fingerprint density at radius 2 is 2.08 bits per heavy atom. The molecule has 5 heteroatoms. The summed E-state index contributed by atoms with van der Waals surface area (Å²) < 4.78 is 0. The molecule has 1 atom stereocenters. The standard InChI is InChI=1S/C8H10N2O2.ClH/c9-7(8(11)12)5-6-1-3-10-4-2-6;/h1-4,7H,5,9H2,(H,11,12);1H/t7-;/m1./s1. The molecule has 0 unspecified atom stereocenters. The van der Waals surface area contributed by atoms with Gasteiger partial charge >= 0.3 is 5.97 Å². The number of carboxylic acid groups (broad SMARTS) is 1. The van der Waals surface area contributed by atoms with Gasteiger partial charge in [-0.05, 0) is 24.1 Å². The highest BCUT2D eigenvalue weighted by Crippen LogP contribution is 1.99. The van der Waals surface area contributed by atoms with Crippen LogP contribution >= 0.6 is 12.4 Å². The van der Waals surface area contributed by atoms with Crippen LogP contribution in [0.2, 0.25) is 0 Å². The van der Waals surface area contributed by atoms with Crippen molar-refractivity contribution < 1.29 is 9.90 Å². The lowest BCUT2D eigenvalue weighted by molar-refractivity contribution is -0.138. The van der Waals surface area contributed by atoms with Crippen molar-refractivity contribution in [1.82, 2.24) is 4.98 Å². The summed E-state index contributed by atoms with van der Waals surface area (Å²) in [6.07, 6.45) is 3.58. The summed E-state index contributed by atoms with van der Waals surface area (Å²) in [5, 5.41) is 8.50. The molecule has 3 N–H and O–H groups in total. The van der Waals surface area contributed by atoms with Crippen LogP contribution in [-0.4, -0.2) is 22.1 Å². The summed E-state index contributed by atoms with van der Waals surface area (Å²) in [4.78, 5) is 14.2. The van der Waals surface area contributed by atoms with Crippen molar-refractivity contribution in [3.05, 3.63) is 30.1 Å². The van der Waals surface area contributed by atoms with Crippen LogP contribution in [0.1, 0.15) is 5.56 Å². The van der Waals surface area contributed by atoms with Crippen LogP contribution in [-0.2, 0) is 11.2 Å². The fourth-order valence-electron chi connectivity index (χ4n) is 0.860. The van der Waals surface area contributed by atoms with Crippen molar-refractivity contribution in [2.45, 2.75) is 12.5 Å². The van der Waals surface area contributed by atoms with Crippen LogP contribution in [0.5, 0.6) is 0 Å². The molecular weight excluding hydrogens is 192 g/mol. The number of hydrogen-bond donors (Lipinski definition) is 2. The first-order valence-corrected chi connectivity index (χ1v) is 3.57. The number of aromatic nitrogens is 1. The maximum absolute atomic E-state index is 10.4. The number of pyridine rings is 1. The minimum Gasteiger partial charge on any atom is -0.480 e. The van der Waals surface area contributed by atoms with Gasteiger partial charge in [0.05, 0.1) is 0 Å². The number of carboxylic acids is 1. The second kappa shape index (κ2) is 5.50. The molecule has 1 aromatic heterocycles. The van der Waals surface area contributed by atoms with Crippen molar-refractivity contribution >= 4 is 18.4 Å². The van der Waals surface area contributed by atoms with E-state index in [2.05, 4.69) is 4.98 Å². The fraction of sp³-hybridized carbons (Fsp3) is 0.250. The zero-order valence-electron chi connectivity index (χ0n) is 6.88. The highest BCUT2D eigenvalue weighted by Gasteiger charge is 2.11. The molecule has 0 aliphatic heterocycles. The first-order valence-electron chi connectivity index (χ1n) is 3.57. The van der Waals surface area contributed by atoms with Crippen molar-refractivity contribution in [3.8, 4) is 0 Å². The molecule has 72 valence electrons. The highest BCUT2D eigenvalue weighted by atomic mass is 35.5. The number of halogens is 1. The van der Waals surface area contributed by atoms with Gasteiger partial charge < -0.3 is 10.8 Å². The molecule has 1 heterocycles. The molecule has 13 heavy (non-hydrogen) atoms. The molecule has 0 fully saturated rings. The van der Waals surface area contributed by atoms with E-state index < -0.39 is 12.0 Å². The van der Waals surface area contributed by atoms with Gasteiger partial charge in [0.1, 0.15) is 6.04 Å². The Morgan fingerprint density at radius 1 is 1.54 bits per heavy atom. The van der Waals surface area contributed by atoms with Crippen LogP contribution in [0.3, 0.4) is 0 Å². The summed E-state index contributed by atoms with van der Waals surface area (Å²) >= 11 is 0. The van der Waals surface area contributed by atoms with Gasteiger partial charge in [-0.2, -0.15) is 0 Å². The molecule has 0 spiro atoms. The predicted octanol–water partition coefficient (Wildman–Crippen LogP) is 0.458. The Hall–Kier alpha value is -1.13. The molecule has 1 rings (SSSR count). The summed E-state index contributed by atoms with van der Waals surface area (Å²) in [6, 6.07) is 2.68. The third-order valence-electron chi connectivity index (χ3n) is 1.52. The minimum absolute atomic E-state index is 0. The van der Waals surface area contributed by atoms with Gasteiger partial charge in [0.25, 0.3) is 0 Å².